The molecule has 3 rings (SSSR count). The molecular formula is C15H18ClN5OS. The molecule has 1 aromatic carbocycles. The standard InChI is InChI=1S/C15H18ClN5OS/c1-10-6-4-5-9-21(10)15-20-19-14(23-15)18-13(22)17-12-8-3-2-7-11(12)16/h2-3,7-8,10H,4-6,9H2,1H3,(H2,17,18,19,22). The minimum absolute atomic E-state index is 0.382. The van der Waals surface area contributed by atoms with Crippen molar-refractivity contribution < 1.29 is 4.79 Å². The summed E-state index contributed by atoms with van der Waals surface area (Å²) >= 11 is 7.40. The second-order valence-corrected chi connectivity index (χ2v) is 6.85. The van der Waals surface area contributed by atoms with Crippen LogP contribution in [0.3, 0.4) is 0 Å². The first-order valence-corrected chi connectivity index (χ1v) is 8.75. The van der Waals surface area contributed by atoms with E-state index in [9.17, 15) is 4.79 Å². The van der Waals surface area contributed by atoms with Gasteiger partial charge in [-0.3, -0.25) is 5.32 Å². The number of hydrogen-bond acceptors (Lipinski definition) is 5. The number of nitrogens with zero attached hydrogens (tertiary/aromatic N) is 3. The number of para-hydroxylation sites is 1. The van der Waals surface area contributed by atoms with Gasteiger partial charge >= 0.3 is 6.03 Å². The molecule has 2 heterocycles. The van der Waals surface area contributed by atoms with Crippen LogP contribution in [0.2, 0.25) is 5.02 Å². The molecule has 23 heavy (non-hydrogen) atoms. The van der Waals surface area contributed by atoms with Crippen molar-refractivity contribution in [3.8, 4) is 0 Å². The second kappa shape index (κ2) is 7.14. The highest BCUT2D eigenvalue weighted by molar-refractivity contribution is 7.19. The van der Waals surface area contributed by atoms with Crippen molar-refractivity contribution in [2.45, 2.75) is 32.2 Å². The van der Waals surface area contributed by atoms with Gasteiger partial charge in [0.15, 0.2) is 0 Å². The third-order valence-electron chi connectivity index (χ3n) is 3.81. The largest absolute Gasteiger partial charge is 0.344 e. The number of rotatable bonds is 3. The van der Waals surface area contributed by atoms with Crippen molar-refractivity contribution in [2.24, 2.45) is 0 Å². The minimum atomic E-state index is -0.382. The number of piperidine rings is 1. The third-order valence-corrected chi connectivity index (χ3v) is 5.01. The number of hydrogen-bond donors (Lipinski definition) is 2. The molecule has 1 unspecified atom stereocenters. The lowest BCUT2D eigenvalue weighted by Gasteiger charge is -2.32. The molecule has 0 aliphatic carbocycles. The zero-order valence-electron chi connectivity index (χ0n) is 12.8. The van der Waals surface area contributed by atoms with E-state index < -0.39 is 0 Å². The maximum atomic E-state index is 12.0. The number of halogens is 1. The van der Waals surface area contributed by atoms with Crippen LogP contribution in [-0.2, 0) is 0 Å². The molecule has 1 aliphatic heterocycles. The average Bonchev–Trinajstić information content (AvgIpc) is 2.98. The summed E-state index contributed by atoms with van der Waals surface area (Å²) in [7, 11) is 0. The predicted octanol–water partition coefficient (Wildman–Crippen LogP) is 4.21. The number of amides is 2. The quantitative estimate of drug-likeness (QED) is 0.868. The Kier molecular flexibility index (Phi) is 4.97. The van der Waals surface area contributed by atoms with Crippen LogP contribution in [0.4, 0.5) is 20.7 Å². The van der Waals surface area contributed by atoms with Crippen LogP contribution in [0, 0.1) is 0 Å². The highest BCUT2D eigenvalue weighted by Crippen LogP contribution is 2.29. The molecule has 1 aromatic heterocycles. The van der Waals surface area contributed by atoms with E-state index in [0.717, 1.165) is 18.1 Å². The average molecular weight is 352 g/mol. The van der Waals surface area contributed by atoms with Crippen molar-refractivity contribution >= 4 is 44.9 Å². The van der Waals surface area contributed by atoms with E-state index in [2.05, 4.69) is 32.7 Å². The zero-order valence-corrected chi connectivity index (χ0v) is 14.3. The van der Waals surface area contributed by atoms with E-state index in [0.29, 0.717) is 21.9 Å². The fourth-order valence-electron chi connectivity index (χ4n) is 2.58. The number of carbonyl (C=O) groups excluding carboxylic acids is 1. The smallest absolute Gasteiger partial charge is 0.325 e. The Morgan fingerprint density at radius 3 is 2.91 bits per heavy atom. The van der Waals surface area contributed by atoms with Crippen LogP contribution < -0.4 is 15.5 Å². The monoisotopic (exact) mass is 351 g/mol. The summed E-state index contributed by atoms with van der Waals surface area (Å²) in [6, 6.07) is 7.15. The van der Waals surface area contributed by atoms with E-state index in [1.165, 1.54) is 24.2 Å². The number of nitrogens with one attached hydrogen (secondary N) is 2. The lowest BCUT2D eigenvalue weighted by molar-refractivity contribution is 0.262. The van der Waals surface area contributed by atoms with Gasteiger partial charge in [0, 0.05) is 12.6 Å². The second-order valence-electron chi connectivity index (χ2n) is 5.49. The molecular weight excluding hydrogens is 334 g/mol. The molecule has 2 amide bonds. The fourth-order valence-corrected chi connectivity index (χ4v) is 3.63. The Labute approximate surface area is 143 Å². The van der Waals surface area contributed by atoms with Crippen LogP contribution in [0.5, 0.6) is 0 Å². The summed E-state index contributed by atoms with van der Waals surface area (Å²) in [5, 5.41) is 15.5. The van der Waals surface area contributed by atoms with Gasteiger partial charge in [0.25, 0.3) is 0 Å². The summed E-state index contributed by atoms with van der Waals surface area (Å²) in [5.74, 6) is 0. The van der Waals surface area contributed by atoms with Crippen molar-refractivity contribution in [1.29, 1.82) is 0 Å². The first-order valence-electron chi connectivity index (χ1n) is 7.56. The Morgan fingerprint density at radius 2 is 2.13 bits per heavy atom. The fraction of sp³-hybridized carbons (Fsp3) is 0.400. The molecule has 1 atom stereocenters. The van der Waals surface area contributed by atoms with Gasteiger partial charge < -0.3 is 10.2 Å². The van der Waals surface area contributed by atoms with Crippen molar-refractivity contribution in [3.63, 3.8) is 0 Å². The Hall–Kier alpha value is -1.86. The molecule has 1 fully saturated rings. The lowest BCUT2D eigenvalue weighted by atomic mass is 10.1. The first-order chi connectivity index (χ1) is 11.1. The van der Waals surface area contributed by atoms with Crippen LogP contribution in [0.1, 0.15) is 26.2 Å². The van der Waals surface area contributed by atoms with Crippen LogP contribution in [-0.4, -0.2) is 28.8 Å². The van der Waals surface area contributed by atoms with E-state index >= 15 is 0 Å². The summed E-state index contributed by atoms with van der Waals surface area (Å²) in [4.78, 5) is 14.3. The van der Waals surface area contributed by atoms with Gasteiger partial charge in [-0.05, 0) is 38.3 Å². The van der Waals surface area contributed by atoms with Gasteiger partial charge in [0.1, 0.15) is 0 Å². The highest BCUT2D eigenvalue weighted by Gasteiger charge is 2.22. The first kappa shape index (κ1) is 16.0. The summed E-state index contributed by atoms with van der Waals surface area (Å²) < 4.78 is 0. The number of carbonyl (C=O) groups is 1. The van der Waals surface area contributed by atoms with Gasteiger partial charge in [-0.25, -0.2) is 4.79 Å². The molecule has 122 valence electrons. The minimum Gasteiger partial charge on any atom is -0.344 e. The molecule has 2 aromatic rings. The van der Waals surface area contributed by atoms with Gasteiger partial charge in [-0.2, -0.15) is 0 Å². The summed E-state index contributed by atoms with van der Waals surface area (Å²) in [5.41, 5.74) is 0.557. The van der Waals surface area contributed by atoms with E-state index in [-0.39, 0.29) is 6.03 Å². The molecule has 2 N–H and O–H groups in total. The molecule has 0 saturated carbocycles. The maximum Gasteiger partial charge on any atom is 0.325 e. The highest BCUT2D eigenvalue weighted by atomic mass is 35.5. The zero-order chi connectivity index (χ0) is 16.2. The van der Waals surface area contributed by atoms with E-state index in [1.807, 2.05) is 12.1 Å². The van der Waals surface area contributed by atoms with Crippen LogP contribution in [0.15, 0.2) is 24.3 Å². The Bertz CT molecular complexity index is 692. The van der Waals surface area contributed by atoms with E-state index in [1.54, 1.807) is 12.1 Å². The number of aromatic nitrogens is 2. The van der Waals surface area contributed by atoms with Crippen molar-refractivity contribution in [2.75, 3.05) is 22.1 Å². The van der Waals surface area contributed by atoms with Crippen LogP contribution in [0.25, 0.3) is 0 Å². The Balaban J connectivity index is 1.62. The molecule has 0 bridgehead atoms. The maximum absolute atomic E-state index is 12.0. The molecule has 0 spiro atoms. The predicted molar refractivity (Wildman–Crippen MR) is 94.7 cm³/mol. The van der Waals surface area contributed by atoms with Gasteiger partial charge in [0.05, 0.1) is 10.7 Å². The van der Waals surface area contributed by atoms with Crippen molar-refractivity contribution in [3.05, 3.63) is 29.3 Å². The number of anilines is 3. The number of benzene rings is 1. The van der Waals surface area contributed by atoms with Crippen molar-refractivity contribution in [1.82, 2.24) is 10.2 Å². The van der Waals surface area contributed by atoms with Crippen LogP contribution >= 0.6 is 22.9 Å². The van der Waals surface area contributed by atoms with Gasteiger partial charge in [-0.15, -0.1) is 10.2 Å². The summed E-state index contributed by atoms with van der Waals surface area (Å²) in [6.07, 6.45) is 3.58. The normalized spacial score (nSPS) is 17.8. The molecule has 0 radical (unpaired) electrons. The lowest BCUT2D eigenvalue weighted by Crippen LogP contribution is -2.37. The SMILES string of the molecule is CC1CCCCN1c1nnc(NC(=O)Nc2ccccc2Cl)s1. The van der Waals surface area contributed by atoms with Gasteiger partial charge in [-0.1, -0.05) is 35.1 Å². The van der Waals surface area contributed by atoms with Gasteiger partial charge in [0.2, 0.25) is 10.3 Å². The number of urea groups is 1. The molecule has 6 nitrogen and oxygen atoms in total. The topological polar surface area (TPSA) is 70.2 Å². The molecule has 1 saturated heterocycles. The Morgan fingerprint density at radius 1 is 1.30 bits per heavy atom. The molecule has 1 aliphatic rings. The molecule has 8 heteroatoms. The third kappa shape index (κ3) is 3.92. The van der Waals surface area contributed by atoms with E-state index in [4.69, 9.17) is 11.6 Å². The summed E-state index contributed by atoms with van der Waals surface area (Å²) in [6.45, 7) is 3.18.